The van der Waals surface area contributed by atoms with Gasteiger partial charge in [-0.05, 0) is 31.0 Å². The maximum absolute atomic E-state index is 12.2. The van der Waals surface area contributed by atoms with Crippen molar-refractivity contribution >= 4 is 23.6 Å². The molecule has 0 aromatic heterocycles. The van der Waals surface area contributed by atoms with Gasteiger partial charge >= 0.3 is 12.0 Å². The lowest BCUT2D eigenvalue weighted by atomic mass is 10.1. The fraction of sp³-hybridized carbons (Fsp3) is 0.471. The van der Waals surface area contributed by atoms with Crippen LogP contribution >= 0.6 is 0 Å². The van der Waals surface area contributed by atoms with E-state index in [1.54, 1.807) is 23.1 Å². The maximum atomic E-state index is 12.2. The number of carbonyl (C=O) groups is 3. The van der Waals surface area contributed by atoms with Crippen molar-refractivity contribution < 1.29 is 19.1 Å². The van der Waals surface area contributed by atoms with E-state index in [0.29, 0.717) is 18.8 Å². The van der Waals surface area contributed by atoms with Gasteiger partial charge < -0.3 is 20.7 Å². The molecule has 130 valence electrons. The van der Waals surface area contributed by atoms with E-state index in [4.69, 9.17) is 10.5 Å². The Bertz CT molecular complexity index is 595. The first-order chi connectivity index (χ1) is 11.6. The Labute approximate surface area is 141 Å². The van der Waals surface area contributed by atoms with Crippen molar-refractivity contribution in [3.8, 4) is 0 Å². The summed E-state index contributed by atoms with van der Waals surface area (Å²) in [5.74, 6) is -0.778. The molecule has 3 N–H and O–H groups in total. The monoisotopic (exact) mass is 333 g/mol. The average molecular weight is 333 g/mol. The van der Waals surface area contributed by atoms with Gasteiger partial charge in [-0.3, -0.25) is 4.79 Å². The van der Waals surface area contributed by atoms with Gasteiger partial charge in [-0.1, -0.05) is 25.3 Å². The molecular weight excluding hydrogens is 310 g/mol. The van der Waals surface area contributed by atoms with Gasteiger partial charge in [0.15, 0.2) is 6.61 Å². The van der Waals surface area contributed by atoms with E-state index >= 15 is 0 Å². The summed E-state index contributed by atoms with van der Waals surface area (Å²) in [6.45, 7) is 1.16. The topological polar surface area (TPSA) is 102 Å². The van der Waals surface area contributed by atoms with Crippen molar-refractivity contribution in [1.29, 1.82) is 0 Å². The second-order valence-electron chi connectivity index (χ2n) is 5.79. The molecule has 0 bridgehead atoms. The van der Waals surface area contributed by atoms with Crippen LogP contribution < -0.4 is 11.1 Å². The van der Waals surface area contributed by atoms with Gasteiger partial charge in [0, 0.05) is 18.8 Å². The lowest BCUT2D eigenvalue weighted by Crippen LogP contribution is -2.36. The zero-order valence-corrected chi connectivity index (χ0v) is 13.6. The molecule has 0 saturated carbocycles. The van der Waals surface area contributed by atoms with Gasteiger partial charge in [-0.25, -0.2) is 9.59 Å². The predicted octanol–water partition coefficient (Wildman–Crippen LogP) is 2.13. The van der Waals surface area contributed by atoms with E-state index in [1.807, 2.05) is 0 Å². The number of amides is 3. The Balaban J connectivity index is 1.87. The number of carbonyl (C=O) groups excluding carboxylic acids is 3. The Morgan fingerprint density at radius 1 is 1.08 bits per heavy atom. The molecule has 3 amide bonds. The van der Waals surface area contributed by atoms with Crippen molar-refractivity contribution in [3.05, 3.63) is 29.8 Å². The van der Waals surface area contributed by atoms with Crippen LogP contribution in [0.25, 0.3) is 0 Å². The number of primary amides is 1. The van der Waals surface area contributed by atoms with Crippen LogP contribution in [0.15, 0.2) is 24.3 Å². The summed E-state index contributed by atoms with van der Waals surface area (Å²) >= 11 is 0. The molecule has 24 heavy (non-hydrogen) atoms. The van der Waals surface area contributed by atoms with E-state index in [-0.39, 0.29) is 18.1 Å². The Kier molecular flexibility index (Phi) is 6.60. The summed E-state index contributed by atoms with van der Waals surface area (Å²) in [6, 6.07) is 5.49. The van der Waals surface area contributed by atoms with Gasteiger partial charge in [-0.2, -0.15) is 0 Å². The van der Waals surface area contributed by atoms with E-state index in [2.05, 4.69) is 5.32 Å². The molecular formula is C17H23N3O4. The summed E-state index contributed by atoms with van der Waals surface area (Å²) < 4.78 is 5.10. The number of nitrogens with one attached hydrogen (secondary N) is 1. The van der Waals surface area contributed by atoms with Crippen LogP contribution in [0.2, 0.25) is 0 Å². The van der Waals surface area contributed by atoms with Crippen LogP contribution in [0.3, 0.4) is 0 Å². The molecule has 1 aromatic carbocycles. The summed E-state index contributed by atoms with van der Waals surface area (Å²) in [6.07, 6.45) is 5.44. The van der Waals surface area contributed by atoms with Crippen molar-refractivity contribution in [2.75, 3.05) is 25.0 Å². The predicted molar refractivity (Wildman–Crippen MR) is 89.6 cm³/mol. The van der Waals surface area contributed by atoms with Crippen molar-refractivity contribution in [1.82, 2.24) is 4.90 Å². The maximum Gasteiger partial charge on any atom is 0.338 e. The minimum absolute atomic E-state index is 0.170. The Morgan fingerprint density at radius 3 is 2.42 bits per heavy atom. The molecule has 2 rings (SSSR count). The van der Waals surface area contributed by atoms with Crippen molar-refractivity contribution in [3.63, 3.8) is 0 Å². The van der Waals surface area contributed by atoms with Gasteiger partial charge in [-0.15, -0.1) is 0 Å². The molecule has 0 spiro atoms. The van der Waals surface area contributed by atoms with E-state index in [0.717, 1.165) is 25.7 Å². The highest BCUT2D eigenvalue weighted by Crippen LogP contribution is 2.13. The number of anilines is 1. The quantitative estimate of drug-likeness (QED) is 0.824. The number of urea groups is 1. The van der Waals surface area contributed by atoms with Gasteiger partial charge in [0.2, 0.25) is 0 Å². The molecule has 1 aromatic rings. The fourth-order valence-corrected chi connectivity index (χ4v) is 2.66. The molecule has 7 heteroatoms. The number of rotatable bonds is 4. The number of benzene rings is 1. The molecule has 1 aliphatic heterocycles. The van der Waals surface area contributed by atoms with Crippen LogP contribution in [-0.4, -0.2) is 42.5 Å². The third kappa shape index (κ3) is 5.57. The van der Waals surface area contributed by atoms with E-state index in [1.165, 1.54) is 12.5 Å². The Hall–Kier alpha value is -2.57. The van der Waals surface area contributed by atoms with Crippen LogP contribution in [-0.2, 0) is 9.53 Å². The largest absolute Gasteiger partial charge is 0.452 e. The zero-order valence-electron chi connectivity index (χ0n) is 13.6. The first-order valence-electron chi connectivity index (χ1n) is 8.17. The summed E-state index contributed by atoms with van der Waals surface area (Å²) in [7, 11) is 0. The number of esters is 1. The van der Waals surface area contributed by atoms with Crippen LogP contribution in [0.4, 0.5) is 10.5 Å². The molecule has 0 radical (unpaired) electrons. The zero-order chi connectivity index (χ0) is 17.4. The molecule has 1 heterocycles. The normalized spacial score (nSPS) is 15.1. The van der Waals surface area contributed by atoms with Crippen LogP contribution in [0.1, 0.15) is 42.5 Å². The number of hydrogen-bond donors (Lipinski definition) is 2. The highest BCUT2D eigenvalue weighted by molar-refractivity contribution is 5.94. The third-order valence-corrected chi connectivity index (χ3v) is 3.90. The van der Waals surface area contributed by atoms with Crippen molar-refractivity contribution in [2.45, 2.75) is 32.1 Å². The second kappa shape index (κ2) is 8.90. The highest BCUT2D eigenvalue weighted by Gasteiger charge is 2.17. The van der Waals surface area contributed by atoms with E-state index in [9.17, 15) is 14.4 Å². The minimum atomic E-state index is -0.715. The molecule has 1 aliphatic rings. The minimum Gasteiger partial charge on any atom is -0.452 e. The fourth-order valence-electron chi connectivity index (χ4n) is 2.66. The van der Waals surface area contributed by atoms with Crippen LogP contribution in [0, 0.1) is 0 Å². The molecule has 0 atom stereocenters. The SMILES string of the molecule is NC(=O)Nc1cccc(C(=O)OCC(=O)N2CCCCCCC2)c1. The third-order valence-electron chi connectivity index (χ3n) is 3.90. The number of nitrogens with two attached hydrogens (primary N) is 1. The number of hydrogen-bond acceptors (Lipinski definition) is 4. The average Bonchev–Trinajstić information content (AvgIpc) is 2.51. The number of likely N-dealkylation sites (tertiary alicyclic amines) is 1. The van der Waals surface area contributed by atoms with Gasteiger partial charge in [0.05, 0.1) is 5.56 Å². The molecule has 1 saturated heterocycles. The van der Waals surface area contributed by atoms with Crippen molar-refractivity contribution in [2.24, 2.45) is 5.73 Å². The van der Waals surface area contributed by atoms with Crippen LogP contribution in [0.5, 0.6) is 0 Å². The Morgan fingerprint density at radius 2 is 1.75 bits per heavy atom. The molecule has 0 aliphatic carbocycles. The first-order valence-corrected chi connectivity index (χ1v) is 8.17. The summed E-state index contributed by atoms with van der Waals surface area (Å²) in [4.78, 5) is 36.8. The lowest BCUT2D eigenvalue weighted by Gasteiger charge is -2.24. The van der Waals surface area contributed by atoms with Gasteiger partial charge in [0.1, 0.15) is 0 Å². The first kappa shape index (κ1) is 17.8. The molecule has 1 fully saturated rings. The lowest BCUT2D eigenvalue weighted by molar-refractivity contribution is -0.134. The van der Waals surface area contributed by atoms with E-state index < -0.39 is 12.0 Å². The highest BCUT2D eigenvalue weighted by atomic mass is 16.5. The molecule has 0 unspecified atom stereocenters. The second-order valence-corrected chi connectivity index (χ2v) is 5.79. The molecule has 7 nitrogen and oxygen atoms in total. The standard InChI is InChI=1S/C17H23N3O4/c18-17(23)19-14-8-6-7-13(11-14)16(22)24-12-15(21)20-9-4-2-1-3-5-10-20/h6-8,11H,1-5,9-10,12H2,(H3,18,19,23). The summed E-state index contributed by atoms with van der Waals surface area (Å²) in [5.41, 5.74) is 5.69. The smallest absolute Gasteiger partial charge is 0.338 e. The summed E-state index contributed by atoms with van der Waals surface area (Å²) in [5, 5.41) is 2.39. The number of nitrogens with zero attached hydrogens (tertiary/aromatic N) is 1. The van der Waals surface area contributed by atoms with Gasteiger partial charge in [0.25, 0.3) is 5.91 Å². The number of ether oxygens (including phenoxy) is 1.